The number of pyridine rings is 1. The molecule has 0 saturated carbocycles. The number of carbonyl (C=O) groups is 2. The molecule has 0 unspecified atom stereocenters. The van der Waals surface area contributed by atoms with Gasteiger partial charge in [-0.25, -0.2) is 4.98 Å². The Morgan fingerprint density at radius 2 is 2.10 bits per heavy atom. The molecule has 2 amide bonds. The van der Waals surface area contributed by atoms with Gasteiger partial charge in [-0.2, -0.15) is 11.3 Å². The minimum atomic E-state index is -0.463. The average molecular weight is 436 g/mol. The van der Waals surface area contributed by atoms with Gasteiger partial charge in [-0.3, -0.25) is 9.59 Å². The van der Waals surface area contributed by atoms with Crippen LogP contribution in [0.25, 0.3) is 5.82 Å². The van der Waals surface area contributed by atoms with Gasteiger partial charge in [0.05, 0.1) is 24.3 Å². The Hall–Kier alpha value is -3.13. The lowest BCUT2D eigenvalue weighted by Gasteiger charge is -2.47. The summed E-state index contributed by atoms with van der Waals surface area (Å²) in [5.74, 6) is 0.976. The van der Waals surface area contributed by atoms with Crippen molar-refractivity contribution >= 4 is 28.8 Å². The third-order valence-electron chi connectivity index (χ3n) is 6.36. The molecular formula is C23H25N5O2S. The number of aromatic nitrogens is 2. The molecular weight excluding hydrogens is 410 g/mol. The van der Waals surface area contributed by atoms with Gasteiger partial charge in [0.2, 0.25) is 11.8 Å². The lowest BCUT2D eigenvalue weighted by molar-refractivity contribution is -0.129. The van der Waals surface area contributed by atoms with Gasteiger partial charge in [0, 0.05) is 39.6 Å². The fourth-order valence-corrected chi connectivity index (χ4v) is 5.40. The SMILES string of the molecule is CN(C)C(=O)CN1c2cccnc2-n2cccc2[C@]12CCN(C(=O)Cc1ccsc1)C2. The Morgan fingerprint density at radius 1 is 1.23 bits per heavy atom. The Bertz CT molecular complexity index is 1120. The zero-order chi connectivity index (χ0) is 21.6. The maximum Gasteiger partial charge on any atom is 0.241 e. The molecule has 160 valence electrons. The number of likely N-dealkylation sites (tertiary alicyclic amines) is 1. The molecule has 5 rings (SSSR count). The predicted octanol–water partition coefficient (Wildman–Crippen LogP) is 2.51. The predicted molar refractivity (Wildman–Crippen MR) is 121 cm³/mol. The number of likely N-dealkylation sites (N-methyl/N-ethyl adjacent to an activating group) is 1. The molecule has 1 atom stereocenters. The molecule has 2 aliphatic heterocycles. The molecule has 7 nitrogen and oxygen atoms in total. The molecule has 31 heavy (non-hydrogen) atoms. The van der Waals surface area contributed by atoms with Gasteiger partial charge in [0.25, 0.3) is 0 Å². The molecule has 3 aromatic heterocycles. The summed E-state index contributed by atoms with van der Waals surface area (Å²) in [6, 6.07) is 10.0. The smallest absolute Gasteiger partial charge is 0.241 e. The van der Waals surface area contributed by atoms with E-state index in [-0.39, 0.29) is 18.4 Å². The van der Waals surface area contributed by atoms with Crippen molar-refractivity contribution in [1.29, 1.82) is 0 Å². The van der Waals surface area contributed by atoms with E-state index < -0.39 is 5.54 Å². The van der Waals surface area contributed by atoms with E-state index in [1.54, 1.807) is 36.5 Å². The van der Waals surface area contributed by atoms with Gasteiger partial charge in [0.15, 0.2) is 5.82 Å². The molecule has 0 radical (unpaired) electrons. The molecule has 5 heterocycles. The van der Waals surface area contributed by atoms with Crippen LogP contribution in [0.1, 0.15) is 17.7 Å². The number of hydrogen-bond donors (Lipinski definition) is 0. The molecule has 8 heteroatoms. The standard InChI is InChI=1S/C23H25N5O2S/c1-25(2)21(30)14-28-18-5-3-9-24-22(18)27-10-4-6-19(27)23(28)8-11-26(16-23)20(29)13-17-7-12-31-15-17/h3-7,9-10,12,15H,8,11,13-14,16H2,1-2H3/t23-/m1/s1. The second-order valence-electron chi connectivity index (χ2n) is 8.39. The van der Waals surface area contributed by atoms with Crippen LogP contribution in [0.2, 0.25) is 0 Å². The Morgan fingerprint density at radius 3 is 2.87 bits per heavy atom. The van der Waals surface area contributed by atoms with Crippen LogP contribution in [0.4, 0.5) is 5.69 Å². The van der Waals surface area contributed by atoms with Crippen LogP contribution in [-0.4, -0.2) is 64.9 Å². The number of carbonyl (C=O) groups excluding carboxylic acids is 2. The van der Waals surface area contributed by atoms with Crippen molar-refractivity contribution in [1.82, 2.24) is 19.4 Å². The summed E-state index contributed by atoms with van der Waals surface area (Å²) in [5, 5.41) is 4.03. The second kappa shape index (κ2) is 7.53. The van der Waals surface area contributed by atoms with Crippen LogP contribution in [-0.2, 0) is 21.5 Å². The lowest BCUT2D eigenvalue weighted by Crippen LogP contribution is -2.55. The van der Waals surface area contributed by atoms with E-state index in [1.165, 1.54) is 0 Å². The van der Waals surface area contributed by atoms with Gasteiger partial charge in [0.1, 0.15) is 5.54 Å². The normalized spacial score (nSPS) is 19.4. The molecule has 1 spiro atoms. The van der Waals surface area contributed by atoms with Crippen LogP contribution in [0.5, 0.6) is 0 Å². The highest BCUT2D eigenvalue weighted by Crippen LogP contribution is 2.46. The van der Waals surface area contributed by atoms with E-state index in [4.69, 9.17) is 0 Å². The zero-order valence-corrected chi connectivity index (χ0v) is 18.5. The van der Waals surface area contributed by atoms with Crippen molar-refractivity contribution in [2.45, 2.75) is 18.4 Å². The Kier molecular flexibility index (Phi) is 4.81. The maximum atomic E-state index is 13.1. The topological polar surface area (TPSA) is 61.7 Å². The van der Waals surface area contributed by atoms with Gasteiger partial charge in [-0.15, -0.1) is 0 Å². The molecule has 0 N–H and O–H groups in total. The van der Waals surface area contributed by atoms with E-state index in [2.05, 4.69) is 20.5 Å². The number of nitrogens with zero attached hydrogens (tertiary/aromatic N) is 5. The maximum absolute atomic E-state index is 13.1. The number of amides is 2. The highest BCUT2D eigenvalue weighted by molar-refractivity contribution is 7.08. The van der Waals surface area contributed by atoms with Crippen LogP contribution in [0, 0.1) is 0 Å². The summed E-state index contributed by atoms with van der Waals surface area (Å²) >= 11 is 1.61. The number of hydrogen-bond acceptors (Lipinski definition) is 5. The fraction of sp³-hybridized carbons (Fsp3) is 0.348. The van der Waals surface area contributed by atoms with Crippen molar-refractivity contribution in [3.63, 3.8) is 0 Å². The zero-order valence-electron chi connectivity index (χ0n) is 17.7. The highest BCUT2D eigenvalue weighted by Gasteiger charge is 2.51. The summed E-state index contributed by atoms with van der Waals surface area (Å²) in [4.78, 5) is 36.3. The second-order valence-corrected chi connectivity index (χ2v) is 9.17. The van der Waals surface area contributed by atoms with E-state index in [0.29, 0.717) is 19.5 Å². The largest absolute Gasteiger partial charge is 0.347 e. The minimum absolute atomic E-state index is 0.0252. The van der Waals surface area contributed by atoms with Gasteiger partial charge in [-0.05, 0) is 53.1 Å². The third kappa shape index (κ3) is 3.22. The minimum Gasteiger partial charge on any atom is -0.347 e. The van der Waals surface area contributed by atoms with Crippen molar-refractivity contribution < 1.29 is 9.59 Å². The Labute approximate surface area is 185 Å². The van der Waals surface area contributed by atoms with Gasteiger partial charge in [-0.1, -0.05) is 0 Å². The number of anilines is 1. The van der Waals surface area contributed by atoms with Crippen molar-refractivity contribution in [2.75, 3.05) is 38.6 Å². The third-order valence-corrected chi connectivity index (χ3v) is 7.09. The number of fused-ring (bicyclic) bond motifs is 4. The fourth-order valence-electron chi connectivity index (χ4n) is 4.73. The van der Waals surface area contributed by atoms with Crippen LogP contribution in [0.15, 0.2) is 53.5 Å². The van der Waals surface area contributed by atoms with Crippen molar-refractivity contribution in [3.05, 3.63) is 64.7 Å². The quantitative estimate of drug-likeness (QED) is 0.632. The number of thiophene rings is 1. The van der Waals surface area contributed by atoms with Gasteiger partial charge < -0.3 is 19.3 Å². The van der Waals surface area contributed by atoms with Crippen LogP contribution in [0.3, 0.4) is 0 Å². The summed E-state index contributed by atoms with van der Waals surface area (Å²) in [5.41, 5.74) is 2.59. The van der Waals surface area contributed by atoms with Crippen molar-refractivity contribution in [2.24, 2.45) is 0 Å². The summed E-state index contributed by atoms with van der Waals surface area (Å²) < 4.78 is 2.11. The molecule has 1 fully saturated rings. The average Bonchev–Trinajstić information content (AvgIpc) is 3.52. The molecule has 1 saturated heterocycles. The molecule has 0 aromatic carbocycles. The first kappa shape index (κ1) is 19.8. The highest BCUT2D eigenvalue weighted by atomic mass is 32.1. The van der Waals surface area contributed by atoms with E-state index in [9.17, 15) is 9.59 Å². The van der Waals surface area contributed by atoms with E-state index in [0.717, 1.165) is 29.2 Å². The van der Waals surface area contributed by atoms with Crippen LogP contribution >= 0.6 is 11.3 Å². The van der Waals surface area contributed by atoms with E-state index in [1.807, 2.05) is 46.1 Å². The molecule has 2 aliphatic rings. The van der Waals surface area contributed by atoms with E-state index >= 15 is 0 Å². The summed E-state index contributed by atoms with van der Waals surface area (Å²) in [7, 11) is 3.55. The first-order chi connectivity index (χ1) is 15.0. The Balaban J connectivity index is 1.54. The first-order valence-electron chi connectivity index (χ1n) is 10.4. The van der Waals surface area contributed by atoms with Crippen molar-refractivity contribution in [3.8, 4) is 5.82 Å². The molecule has 0 bridgehead atoms. The lowest BCUT2D eigenvalue weighted by atomic mass is 9.88. The van der Waals surface area contributed by atoms with Gasteiger partial charge >= 0.3 is 0 Å². The van der Waals surface area contributed by atoms with Crippen LogP contribution < -0.4 is 4.90 Å². The summed E-state index contributed by atoms with van der Waals surface area (Å²) in [6.07, 6.45) is 4.97. The monoisotopic (exact) mass is 435 g/mol. The first-order valence-corrected chi connectivity index (χ1v) is 11.3. The molecule has 0 aliphatic carbocycles. The molecule has 3 aromatic rings. The number of rotatable bonds is 4. The summed E-state index contributed by atoms with van der Waals surface area (Å²) in [6.45, 7) is 1.45.